The maximum atomic E-state index is 13.4. The van der Waals surface area contributed by atoms with Crippen LogP contribution in [-0.4, -0.2) is 5.11 Å². The second kappa shape index (κ2) is 6.08. The number of hydrogen-bond donors (Lipinski definition) is 2. The van der Waals surface area contributed by atoms with Crippen LogP contribution in [0, 0.1) is 11.6 Å². The largest absolute Gasteiger partial charge is 0.332 e. The monoisotopic (exact) mass is 342 g/mol. The maximum Gasteiger partial charge on any atom is 0.175 e. The van der Waals surface area contributed by atoms with Crippen molar-refractivity contribution in [1.29, 1.82) is 0 Å². The minimum absolute atomic E-state index is 0.119. The molecule has 2 aromatic carbocycles. The average Bonchev–Trinajstić information content (AvgIpc) is 2.33. The molecule has 0 saturated heterocycles. The van der Waals surface area contributed by atoms with Gasteiger partial charge in [0, 0.05) is 16.2 Å². The molecule has 6 heteroatoms. The predicted molar refractivity (Wildman–Crippen MR) is 80.3 cm³/mol. The Morgan fingerprint density at radius 2 is 1.84 bits per heavy atom. The van der Waals surface area contributed by atoms with E-state index in [1.54, 1.807) is 0 Å². The van der Waals surface area contributed by atoms with E-state index in [0.29, 0.717) is 0 Å². The van der Waals surface area contributed by atoms with Gasteiger partial charge in [-0.15, -0.1) is 0 Å². The van der Waals surface area contributed by atoms with E-state index < -0.39 is 11.6 Å². The van der Waals surface area contributed by atoms with Gasteiger partial charge in [-0.1, -0.05) is 22.0 Å². The van der Waals surface area contributed by atoms with Crippen LogP contribution in [0.2, 0.25) is 0 Å². The van der Waals surface area contributed by atoms with Crippen molar-refractivity contribution in [3.05, 3.63) is 58.6 Å². The third-order valence-corrected chi connectivity index (χ3v) is 2.96. The molecule has 0 atom stereocenters. The number of nitrogens with one attached hydrogen (secondary N) is 2. The van der Waals surface area contributed by atoms with E-state index in [-0.39, 0.29) is 10.8 Å². The molecule has 0 aliphatic heterocycles. The number of hydrogen-bond acceptors (Lipinski definition) is 1. The number of anilines is 2. The molecule has 0 saturated carbocycles. The van der Waals surface area contributed by atoms with Gasteiger partial charge in [0.1, 0.15) is 11.6 Å². The Morgan fingerprint density at radius 1 is 1.05 bits per heavy atom. The molecule has 0 aromatic heterocycles. The van der Waals surface area contributed by atoms with E-state index in [0.717, 1.165) is 22.3 Å². The van der Waals surface area contributed by atoms with Gasteiger partial charge in [-0.25, -0.2) is 8.78 Å². The van der Waals surface area contributed by atoms with Crippen molar-refractivity contribution in [2.24, 2.45) is 0 Å². The van der Waals surface area contributed by atoms with Crippen LogP contribution in [0.3, 0.4) is 0 Å². The first kappa shape index (κ1) is 13.9. The highest BCUT2D eigenvalue weighted by molar-refractivity contribution is 9.10. The Balaban J connectivity index is 2.05. The number of rotatable bonds is 2. The van der Waals surface area contributed by atoms with Gasteiger partial charge in [0.25, 0.3) is 0 Å². The molecule has 0 radical (unpaired) electrons. The van der Waals surface area contributed by atoms with Crippen molar-refractivity contribution >= 4 is 44.6 Å². The number of halogens is 3. The van der Waals surface area contributed by atoms with E-state index in [2.05, 4.69) is 26.6 Å². The van der Waals surface area contributed by atoms with Crippen LogP contribution < -0.4 is 10.6 Å². The van der Waals surface area contributed by atoms with Gasteiger partial charge in [-0.05, 0) is 42.5 Å². The SMILES string of the molecule is Fc1ccc(NC(=S)Nc2cccc(Br)c2)c(F)c1. The van der Waals surface area contributed by atoms with E-state index in [4.69, 9.17) is 12.2 Å². The van der Waals surface area contributed by atoms with Crippen LogP contribution in [0.5, 0.6) is 0 Å². The highest BCUT2D eigenvalue weighted by atomic mass is 79.9. The first-order valence-corrected chi connectivity index (χ1v) is 6.53. The first-order valence-electron chi connectivity index (χ1n) is 5.33. The molecular weight excluding hydrogens is 334 g/mol. The zero-order valence-corrected chi connectivity index (χ0v) is 12.0. The Labute approximate surface area is 123 Å². The smallest absolute Gasteiger partial charge is 0.175 e. The van der Waals surface area contributed by atoms with Crippen LogP contribution in [-0.2, 0) is 0 Å². The summed E-state index contributed by atoms with van der Waals surface area (Å²) in [5, 5.41) is 5.80. The Bertz CT molecular complexity index is 619. The highest BCUT2D eigenvalue weighted by Gasteiger charge is 2.05. The van der Waals surface area contributed by atoms with Gasteiger partial charge in [0.2, 0.25) is 0 Å². The fraction of sp³-hybridized carbons (Fsp3) is 0. The fourth-order valence-corrected chi connectivity index (χ4v) is 2.07. The normalized spacial score (nSPS) is 10.1. The summed E-state index contributed by atoms with van der Waals surface area (Å²) in [6, 6.07) is 10.6. The third kappa shape index (κ3) is 3.97. The molecule has 0 bridgehead atoms. The topological polar surface area (TPSA) is 24.1 Å². The second-order valence-electron chi connectivity index (χ2n) is 3.71. The van der Waals surface area contributed by atoms with E-state index in [9.17, 15) is 8.78 Å². The molecule has 0 fully saturated rings. The zero-order chi connectivity index (χ0) is 13.8. The highest BCUT2D eigenvalue weighted by Crippen LogP contribution is 2.18. The van der Waals surface area contributed by atoms with Gasteiger partial charge in [-0.3, -0.25) is 0 Å². The molecule has 2 aromatic rings. The van der Waals surface area contributed by atoms with Gasteiger partial charge >= 0.3 is 0 Å². The molecule has 19 heavy (non-hydrogen) atoms. The Morgan fingerprint density at radius 3 is 2.53 bits per heavy atom. The van der Waals surface area contributed by atoms with Gasteiger partial charge in [-0.2, -0.15) is 0 Å². The van der Waals surface area contributed by atoms with Gasteiger partial charge < -0.3 is 10.6 Å². The van der Waals surface area contributed by atoms with Crippen molar-refractivity contribution in [2.75, 3.05) is 10.6 Å². The van der Waals surface area contributed by atoms with Crippen LogP contribution in [0.15, 0.2) is 46.9 Å². The van der Waals surface area contributed by atoms with Gasteiger partial charge in [0.15, 0.2) is 5.11 Å². The van der Waals surface area contributed by atoms with E-state index in [1.165, 1.54) is 6.07 Å². The molecule has 0 unspecified atom stereocenters. The van der Waals surface area contributed by atoms with Crippen LogP contribution in [0.1, 0.15) is 0 Å². The molecule has 0 heterocycles. The maximum absolute atomic E-state index is 13.4. The van der Waals surface area contributed by atoms with Crippen LogP contribution >= 0.6 is 28.1 Å². The van der Waals surface area contributed by atoms with Crippen molar-refractivity contribution in [3.63, 3.8) is 0 Å². The second-order valence-corrected chi connectivity index (χ2v) is 5.04. The quantitative estimate of drug-likeness (QED) is 0.783. The summed E-state index contributed by atoms with van der Waals surface area (Å²) in [6.07, 6.45) is 0. The van der Waals surface area contributed by atoms with Crippen LogP contribution in [0.25, 0.3) is 0 Å². The third-order valence-electron chi connectivity index (χ3n) is 2.26. The zero-order valence-electron chi connectivity index (χ0n) is 9.58. The molecule has 0 aliphatic carbocycles. The summed E-state index contributed by atoms with van der Waals surface area (Å²) in [7, 11) is 0. The minimum atomic E-state index is -0.696. The summed E-state index contributed by atoms with van der Waals surface area (Å²) in [4.78, 5) is 0. The van der Waals surface area contributed by atoms with Crippen molar-refractivity contribution in [1.82, 2.24) is 0 Å². The number of benzene rings is 2. The molecule has 98 valence electrons. The lowest BCUT2D eigenvalue weighted by atomic mass is 10.3. The molecule has 2 nitrogen and oxygen atoms in total. The molecule has 2 N–H and O–H groups in total. The first-order chi connectivity index (χ1) is 9.04. The predicted octanol–water partition coefficient (Wildman–Crippen LogP) is 4.54. The summed E-state index contributed by atoms with van der Waals surface area (Å²) >= 11 is 8.39. The lowest BCUT2D eigenvalue weighted by Gasteiger charge is -2.11. The summed E-state index contributed by atoms with van der Waals surface area (Å²) in [5.74, 6) is -1.33. The average molecular weight is 343 g/mol. The standard InChI is InChI=1S/C13H9BrF2N2S/c14-8-2-1-3-10(6-8)17-13(19)18-12-5-4-9(15)7-11(12)16/h1-7H,(H2,17,18,19). The summed E-state index contributed by atoms with van der Waals surface area (Å²) < 4.78 is 27.1. The Hall–Kier alpha value is -1.53. The summed E-state index contributed by atoms with van der Waals surface area (Å²) in [6.45, 7) is 0. The van der Waals surface area contributed by atoms with Crippen molar-refractivity contribution in [2.45, 2.75) is 0 Å². The van der Waals surface area contributed by atoms with Gasteiger partial charge in [0.05, 0.1) is 5.69 Å². The van der Waals surface area contributed by atoms with Crippen molar-refractivity contribution < 1.29 is 8.78 Å². The summed E-state index contributed by atoms with van der Waals surface area (Å²) in [5.41, 5.74) is 0.878. The van der Waals surface area contributed by atoms with E-state index >= 15 is 0 Å². The lowest BCUT2D eigenvalue weighted by molar-refractivity contribution is 0.586. The minimum Gasteiger partial charge on any atom is -0.332 e. The van der Waals surface area contributed by atoms with Crippen LogP contribution in [0.4, 0.5) is 20.2 Å². The lowest BCUT2D eigenvalue weighted by Crippen LogP contribution is -2.19. The molecular formula is C13H9BrF2N2S. The Kier molecular flexibility index (Phi) is 4.44. The van der Waals surface area contributed by atoms with E-state index in [1.807, 2.05) is 24.3 Å². The molecule has 0 amide bonds. The number of thiocarbonyl (C=S) groups is 1. The molecule has 0 aliphatic rings. The molecule has 0 spiro atoms. The fourth-order valence-electron chi connectivity index (χ4n) is 1.44. The molecule has 2 rings (SSSR count). The van der Waals surface area contributed by atoms with Crippen molar-refractivity contribution in [3.8, 4) is 0 Å².